The largest absolute Gasteiger partial charge is 0.477 e. The SMILES string of the molecule is CCCN(CC1CC1)c1cccc(C(=O)O)c1[N+](=O)[O-]. The minimum Gasteiger partial charge on any atom is -0.477 e. The van der Waals surface area contributed by atoms with Crippen molar-refractivity contribution in [2.24, 2.45) is 5.92 Å². The number of hydrogen-bond donors (Lipinski definition) is 1. The van der Waals surface area contributed by atoms with Crippen LogP contribution in [-0.2, 0) is 0 Å². The summed E-state index contributed by atoms with van der Waals surface area (Å²) in [4.78, 5) is 23.8. The van der Waals surface area contributed by atoms with Crippen LogP contribution in [0.15, 0.2) is 18.2 Å². The van der Waals surface area contributed by atoms with Crippen molar-refractivity contribution in [3.8, 4) is 0 Å². The Morgan fingerprint density at radius 1 is 1.50 bits per heavy atom. The van der Waals surface area contributed by atoms with Crippen LogP contribution < -0.4 is 4.90 Å². The molecule has 0 radical (unpaired) electrons. The van der Waals surface area contributed by atoms with Crippen molar-refractivity contribution in [3.63, 3.8) is 0 Å². The fourth-order valence-corrected chi connectivity index (χ4v) is 2.34. The number of carbonyl (C=O) groups is 1. The van der Waals surface area contributed by atoms with Crippen molar-refractivity contribution in [2.75, 3.05) is 18.0 Å². The van der Waals surface area contributed by atoms with Gasteiger partial charge in [-0.05, 0) is 37.3 Å². The molecular formula is C14H18N2O4. The normalized spacial score (nSPS) is 14.1. The average Bonchev–Trinajstić information content (AvgIpc) is 3.21. The van der Waals surface area contributed by atoms with E-state index in [2.05, 4.69) is 0 Å². The Balaban J connectivity index is 2.43. The number of nitro groups is 1. The molecule has 0 amide bonds. The van der Waals surface area contributed by atoms with Crippen molar-refractivity contribution in [3.05, 3.63) is 33.9 Å². The molecule has 108 valence electrons. The van der Waals surface area contributed by atoms with E-state index < -0.39 is 10.9 Å². The van der Waals surface area contributed by atoms with Gasteiger partial charge in [0.15, 0.2) is 0 Å². The summed E-state index contributed by atoms with van der Waals surface area (Å²) in [5.74, 6) is -0.684. The second kappa shape index (κ2) is 5.90. The van der Waals surface area contributed by atoms with Crippen molar-refractivity contribution in [1.82, 2.24) is 0 Å². The van der Waals surface area contributed by atoms with Crippen molar-refractivity contribution >= 4 is 17.3 Å². The number of anilines is 1. The van der Waals surface area contributed by atoms with Gasteiger partial charge in [0.25, 0.3) is 0 Å². The van der Waals surface area contributed by atoms with E-state index in [9.17, 15) is 14.9 Å². The summed E-state index contributed by atoms with van der Waals surface area (Å²) in [6, 6.07) is 4.50. The molecule has 1 N–H and O–H groups in total. The van der Waals surface area contributed by atoms with Gasteiger partial charge in [-0.3, -0.25) is 10.1 Å². The molecule has 0 aromatic heterocycles. The van der Waals surface area contributed by atoms with Crippen LogP contribution in [0.5, 0.6) is 0 Å². The minimum atomic E-state index is -1.26. The van der Waals surface area contributed by atoms with E-state index in [4.69, 9.17) is 5.11 Å². The maximum atomic E-state index is 11.3. The third kappa shape index (κ3) is 3.07. The van der Waals surface area contributed by atoms with Gasteiger partial charge in [0.05, 0.1) is 4.92 Å². The third-order valence-electron chi connectivity index (χ3n) is 3.44. The van der Waals surface area contributed by atoms with Gasteiger partial charge in [-0.2, -0.15) is 0 Å². The molecule has 0 spiro atoms. The summed E-state index contributed by atoms with van der Waals surface area (Å²) in [5, 5.41) is 20.4. The third-order valence-corrected chi connectivity index (χ3v) is 3.44. The summed E-state index contributed by atoms with van der Waals surface area (Å²) < 4.78 is 0. The molecule has 0 saturated heterocycles. The van der Waals surface area contributed by atoms with Crippen LogP contribution in [0.1, 0.15) is 36.5 Å². The molecule has 1 saturated carbocycles. The highest BCUT2D eigenvalue weighted by molar-refractivity contribution is 5.95. The van der Waals surface area contributed by atoms with Gasteiger partial charge < -0.3 is 10.0 Å². The Hall–Kier alpha value is -2.11. The number of aromatic carboxylic acids is 1. The molecule has 1 aliphatic rings. The van der Waals surface area contributed by atoms with Gasteiger partial charge in [-0.25, -0.2) is 4.79 Å². The Kier molecular flexibility index (Phi) is 4.22. The van der Waals surface area contributed by atoms with E-state index in [1.165, 1.54) is 6.07 Å². The lowest BCUT2D eigenvalue weighted by atomic mass is 10.1. The number of para-hydroxylation sites is 1. The maximum absolute atomic E-state index is 11.3. The second-order valence-corrected chi connectivity index (χ2v) is 5.12. The second-order valence-electron chi connectivity index (χ2n) is 5.12. The van der Waals surface area contributed by atoms with Crippen molar-refractivity contribution < 1.29 is 14.8 Å². The van der Waals surface area contributed by atoms with E-state index in [1.54, 1.807) is 12.1 Å². The van der Waals surface area contributed by atoms with Crippen LogP contribution in [0.3, 0.4) is 0 Å². The number of nitrogens with zero attached hydrogens (tertiary/aromatic N) is 2. The lowest BCUT2D eigenvalue weighted by molar-refractivity contribution is -0.384. The van der Waals surface area contributed by atoms with Crippen LogP contribution in [-0.4, -0.2) is 29.1 Å². The van der Waals surface area contributed by atoms with Crippen molar-refractivity contribution in [2.45, 2.75) is 26.2 Å². The van der Waals surface area contributed by atoms with Crippen LogP contribution in [0.2, 0.25) is 0 Å². The quantitative estimate of drug-likeness (QED) is 0.612. The van der Waals surface area contributed by atoms with Gasteiger partial charge in [0, 0.05) is 13.1 Å². The highest BCUT2D eigenvalue weighted by Gasteiger charge is 2.30. The smallest absolute Gasteiger partial charge is 0.342 e. The molecule has 0 unspecified atom stereocenters. The molecule has 6 nitrogen and oxygen atoms in total. The van der Waals surface area contributed by atoms with Gasteiger partial charge in [0.2, 0.25) is 0 Å². The van der Waals surface area contributed by atoms with Crippen LogP contribution in [0.4, 0.5) is 11.4 Å². The molecule has 0 aliphatic heterocycles. The first kappa shape index (κ1) is 14.3. The molecular weight excluding hydrogens is 260 g/mol. The predicted octanol–water partition coefficient (Wildman–Crippen LogP) is 2.92. The number of carboxylic acids is 1. The number of nitro benzene ring substituents is 1. The average molecular weight is 278 g/mol. The number of hydrogen-bond acceptors (Lipinski definition) is 4. The van der Waals surface area contributed by atoms with Crippen LogP contribution in [0.25, 0.3) is 0 Å². The van der Waals surface area contributed by atoms with Gasteiger partial charge >= 0.3 is 11.7 Å². The fraction of sp³-hybridized carbons (Fsp3) is 0.500. The summed E-state index contributed by atoms with van der Waals surface area (Å²) in [6.07, 6.45) is 3.15. The van der Waals surface area contributed by atoms with E-state index in [0.29, 0.717) is 18.2 Å². The summed E-state index contributed by atoms with van der Waals surface area (Å²) >= 11 is 0. The van der Waals surface area contributed by atoms with E-state index >= 15 is 0 Å². The molecule has 0 bridgehead atoms. The topological polar surface area (TPSA) is 83.7 Å². The summed E-state index contributed by atoms with van der Waals surface area (Å²) in [6.45, 7) is 3.46. The zero-order valence-electron chi connectivity index (χ0n) is 11.4. The monoisotopic (exact) mass is 278 g/mol. The first-order chi connectivity index (χ1) is 9.54. The molecule has 1 aromatic carbocycles. The van der Waals surface area contributed by atoms with E-state index in [-0.39, 0.29) is 11.3 Å². The van der Waals surface area contributed by atoms with E-state index in [0.717, 1.165) is 25.8 Å². The van der Waals surface area contributed by atoms with Crippen LogP contribution >= 0.6 is 0 Å². The molecule has 6 heteroatoms. The Morgan fingerprint density at radius 3 is 2.70 bits per heavy atom. The molecule has 20 heavy (non-hydrogen) atoms. The molecule has 1 fully saturated rings. The predicted molar refractivity (Wildman–Crippen MR) is 75.3 cm³/mol. The zero-order valence-corrected chi connectivity index (χ0v) is 11.4. The molecule has 0 atom stereocenters. The molecule has 1 aromatic rings. The fourth-order valence-electron chi connectivity index (χ4n) is 2.34. The number of benzene rings is 1. The van der Waals surface area contributed by atoms with Gasteiger partial charge in [-0.15, -0.1) is 0 Å². The Morgan fingerprint density at radius 2 is 2.20 bits per heavy atom. The first-order valence-electron chi connectivity index (χ1n) is 6.80. The molecule has 0 heterocycles. The maximum Gasteiger partial charge on any atom is 0.342 e. The minimum absolute atomic E-state index is 0.246. The lowest BCUT2D eigenvalue weighted by Crippen LogP contribution is -2.27. The Bertz CT molecular complexity index is 526. The standard InChI is InChI=1S/C14H18N2O4/c1-2-8-15(9-10-6-7-10)12-5-3-4-11(14(17)18)13(12)16(19)20/h3-5,10H,2,6-9H2,1H3,(H,17,18). The highest BCUT2D eigenvalue weighted by Crippen LogP contribution is 2.36. The highest BCUT2D eigenvalue weighted by atomic mass is 16.6. The molecule has 1 aliphatic carbocycles. The van der Waals surface area contributed by atoms with Crippen molar-refractivity contribution in [1.29, 1.82) is 0 Å². The lowest BCUT2D eigenvalue weighted by Gasteiger charge is -2.24. The summed E-state index contributed by atoms with van der Waals surface area (Å²) in [7, 11) is 0. The first-order valence-corrected chi connectivity index (χ1v) is 6.80. The van der Waals surface area contributed by atoms with Crippen LogP contribution in [0, 0.1) is 16.0 Å². The molecule has 2 rings (SSSR count). The van der Waals surface area contributed by atoms with E-state index in [1.807, 2.05) is 11.8 Å². The summed E-state index contributed by atoms with van der Waals surface area (Å²) in [5.41, 5.74) is -0.123. The van der Waals surface area contributed by atoms with Gasteiger partial charge in [0.1, 0.15) is 11.3 Å². The Labute approximate surface area is 117 Å². The van der Waals surface area contributed by atoms with Gasteiger partial charge in [-0.1, -0.05) is 13.0 Å². The number of carboxylic acid groups (broad SMARTS) is 1. The number of rotatable bonds is 7. The zero-order chi connectivity index (χ0) is 14.7.